The number of benzene rings is 1. The first-order chi connectivity index (χ1) is 10.5. The molecule has 0 fully saturated rings. The molecule has 2 aromatic rings. The van der Waals surface area contributed by atoms with E-state index in [-0.39, 0.29) is 12.1 Å². The highest BCUT2D eigenvalue weighted by Gasteiger charge is 2.16. The molecule has 6 nitrogen and oxygen atoms in total. The number of hydrogen-bond donors (Lipinski definition) is 0. The van der Waals surface area contributed by atoms with Crippen LogP contribution >= 0.6 is 15.9 Å². The number of ether oxygens (including phenoxy) is 2. The number of nitrogens with zero attached hydrogens (tertiary/aromatic N) is 2. The molecular formula is C15H15BrN2O4. The third-order valence-electron chi connectivity index (χ3n) is 3.01. The van der Waals surface area contributed by atoms with E-state index in [0.717, 1.165) is 9.15 Å². The quantitative estimate of drug-likeness (QED) is 0.599. The molecule has 0 bridgehead atoms. The van der Waals surface area contributed by atoms with Gasteiger partial charge in [-0.15, -0.1) is 0 Å². The van der Waals surface area contributed by atoms with Crippen LogP contribution in [0.15, 0.2) is 34.0 Å². The molecule has 1 heterocycles. The average Bonchev–Trinajstić information content (AvgIpc) is 2.49. The van der Waals surface area contributed by atoms with Crippen molar-refractivity contribution in [3.8, 4) is 0 Å². The van der Waals surface area contributed by atoms with E-state index in [2.05, 4.69) is 32.3 Å². The van der Waals surface area contributed by atoms with Crippen molar-refractivity contribution in [1.82, 2.24) is 9.78 Å². The number of carbonyl (C=O) groups excluding carboxylic acids is 1. The van der Waals surface area contributed by atoms with Gasteiger partial charge in [0, 0.05) is 9.86 Å². The Morgan fingerprint density at radius 2 is 2.14 bits per heavy atom. The second-order valence-corrected chi connectivity index (χ2v) is 5.35. The van der Waals surface area contributed by atoms with Crippen molar-refractivity contribution in [1.29, 1.82) is 0 Å². The largest absolute Gasteiger partial charge is 0.492 e. The minimum Gasteiger partial charge on any atom is -0.492 e. The maximum absolute atomic E-state index is 12.4. The second-order valence-electron chi connectivity index (χ2n) is 4.43. The molecule has 0 aliphatic rings. The number of halogens is 1. The van der Waals surface area contributed by atoms with E-state index >= 15 is 0 Å². The Morgan fingerprint density at radius 3 is 2.77 bits per heavy atom. The van der Waals surface area contributed by atoms with Crippen molar-refractivity contribution in [2.45, 2.75) is 13.5 Å². The summed E-state index contributed by atoms with van der Waals surface area (Å²) >= 11 is 3.37. The van der Waals surface area contributed by atoms with Crippen LogP contribution in [0.4, 0.5) is 0 Å². The Balaban J connectivity index is 2.71. The molecule has 0 aliphatic carbocycles. The molecule has 0 saturated carbocycles. The first-order valence-corrected chi connectivity index (χ1v) is 7.36. The van der Waals surface area contributed by atoms with Crippen LogP contribution in [0.2, 0.25) is 0 Å². The summed E-state index contributed by atoms with van der Waals surface area (Å²) in [5, 5.41) is 5.24. The average molecular weight is 367 g/mol. The summed E-state index contributed by atoms with van der Waals surface area (Å²) in [6.45, 7) is 5.81. The number of carbonyl (C=O) groups is 1. The van der Waals surface area contributed by atoms with E-state index in [0.29, 0.717) is 28.8 Å². The highest BCUT2D eigenvalue weighted by Crippen LogP contribution is 2.24. The molecule has 0 unspecified atom stereocenters. The summed E-state index contributed by atoms with van der Waals surface area (Å²) in [5.41, 5.74) is 0.0441. The number of aromatic nitrogens is 2. The molecule has 0 amide bonds. The standard InChI is InChI=1S/C15H15BrN2O4/c1-4-22-9(2)14-12-7-10(16)5-6-11(12)15(20)18(17-14)8-13(19)21-3/h5-7H,2,4,8H2,1,3H3. The van der Waals surface area contributed by atoms with Crippen LogP contribution in [-0.4, -0.2) is 29.5 Å². The van der Waals surface area contributed by atoms with Gasteiger partial charge in [-0.1, -0.05) is 22.5 Å². The Bertz CT molecular complexity index is 798. The van der Waals surface area contributed by atoms with Gasteiger partial charge >= 0.3 is 5.97 Å². The van der Waals surface area contributed by atoms with Gasteiger partial charge in [0.15, 0.2) is 0 Å². The van der Waals surface area contributed by atoms with E-state index in [9.17, 15) is 9.59 Å². The Kier molecular flexibility index (Phi) is 4.97. The maximum Gasteiger partial charge on any atom is 0.327 e. The Labute approximate surface area is 135 Å². The van der Waals surface area contributed by atoms with Crippen LogP contribution in [0.25, 0.3) is 16.5 Å². The predicted molar refractivity (Wildman–Crippen MR) is 86.4 cm³/mol. The van der Waals surface area contributed by atoms with Crippen LogP contribution in [0.3, 0.4) is 0 Å². The van der Waals surface area contributed by atoms with Gasteiger partial charge in [-0.3, -0.25) is 9.59 Å². The third-order valence-corrected chi connectivity index (χ3v) is 3.50. The zero-order valence-corrected chi connectivity index (χ0v) is 13.8. The molecule has 0 aliphatic heterocycles. The summed E-state index contributed by atoms with van der Waals surface area (Å²) < 4.78 is 11.8. The van der Waals surface area contributed by atoms with E-state index in [1.807, 2.05) is 6.92 Å². The molecule has 0 atom stereocenters. The van der Waals surface area contributed by atoms with Crippen LogP contribution in [0, 0.1) is 0 Å². The summed E-state index contributed by atoms with van der Waals surface area (Å²) in [7, 11) is 1.26. The third kappa shape index (κ3) is 3.19. The van der Waals surface area contributed by atoms with Crippen molar-refractivity contribution in [2.75, 3.05) is 13.7 Å². The molecule has 2 rings (SSSR count). The fraction of sp³-hybridized carbons (Fsp3) is 0.267. The number of rotatable bonds is 5. The SMILES string of the molecule is C=C(OCC)c1nn(CC(=O)OC)c(=O)c2ccc(Br)cc12. The number of methoxy groups -OCH3 is 1. The van der Waals surface area contributed by atoms with E-state index in [1.165, 1.54) is 7.11 Å². The number of fused-ring (bicyclic) bond motifs is 1. The summed E-state index contributed by atoms with van der Waals surface area (Å²) in [5.74, 6) is -0.219. The summed E-state index contributed by atoms with van der Waals surface area (Å²) in [4.78, 5) is 23.9. The smallest absolute Gasteiger partial charge is 0.327 e. The molecule has 22 heavy (non-hydrogen) atoms. The van der Waals surface area contributed by atoms with Gasteiger partial charge in [0.05, 0.1) is 19.1 Å². The van der Waals surface area contributed by atoms with Crippen LogP contribution in [0.5, 0.6) is 0 Å². The lowest BCUT2D eigenvalue weighted by Crippen LogP contribution is -2.28. The zero-order chi connectivity index (χ0) is 16.3. The monoisotopic (exact) mass is 366 g/mol. The van der Waals surface area contributed by atoms with Crippen molar-refractivity contribution in [2.24, 2.45) is 0 Å². The first kappa shape index (κ1) is 16.2. The topological polar surface area (TPSA) is 70.4 Å². The lowest BCUT2D eigenvalue weighted by molar-refractivity contribution is -0.141. The van der Waals surface area contributed by atoms with Gasteiger partial charge in [-0.25, -0.2) is 4.68 Å². The molecule has 0 radical (unpaired) electrons. The van der Waals surface area contributed by atoms with Gasteiger partial charge < -0.3 is 9.47 Å². The predicted octanol–water partition coefficient (Wildman–Crippen LogP) is 2.34. The van der Waals surface area contributed by atoms with Gasteiger partial charge in [-0.2, -0.15) is 5.10 Å². The van der Waals surface area contributed by atoms with Crippen molar-refractivity contribution >= 4 is 38.4 Å². The number of hydrogen-bond acceptors (Lipinski definition) is 5. The highest BCUT2D eigenvalue weighted by atomic mass is 79.9. The van der Waals surface area contributed by atoms with E-state index in [1.54, 1.807) is 18.2 Å². The maximum atomic E-state index is 12.4. The van der Waals surface area contributed by atoms with Crippen molar-refractivity contribution in [3.63, 3.8) is 0 Å². The number of esters is 1. The molecule has 7 heteroatoms. The molecule has 0 N–H and O–H groups in total. The lowest BCUT2D eigenvalue weighted by atomic mass is 10.1. The van der Waals surface area contributed by atoms with E-state index in [4.69, 9.17) is 4.74 Å². The first-order valence-electron chi connectivity index (χ1n) is 6.57. The van der Waals surface area contributed by atoms with Gasteiger partial charge in [0.2, 0.25) is 0 Å². The van der Waals surface area contributed by atoms with Gasteiger partial charge in [0.25, 0.3) is 5.56 Å². The minimum absolute atomic E-state index is 0.270. The molecule has 1 aromatic heterocycles. The highest BCUT2D eigenvalue weighted by molar-refractivity contribution is 9.10. The second kappa shape index (κ2) is 6.74. The fourth-order valence-corrected chi connectivity index (χ4v) is 2.36. The van der Waals surface area contributed by atoms with Gasteiger partial charge in [0.1, 0.15) is 18.0 Å². The summed E-state index contributed by atoms with van der Waals surface area (Å²) in [6, 6.07) is 5.19. The van der Waals surface area contributed by atoms with Gasteiger partial charge in [-0.05, 0) is 25.1 Å². The van der Waals surface area contributed by atoms with Crippen LogP contribution in [-0.2, 0) is 20.8 Å². The molecule has 1 aromatic carbocycles. The van der Waals surface area contributed by atoms with E-state index < -0.39 is 5.97 Å². The Hall–Kier alpha value is -2.15. The molecular weight excluding hydrogens is 352 g/mol. The minimum atomic E-state index is -0.556. The zero-order valence-electron chi connectivity index (χ0n) is 12.3. The molecule has 0 saturated heterocycles. The molecule has 0 spiro atoms. The fourth-order valence-electron chi connectivity index (χ4n) is 2.00. The van der Waals surface area contributed by atoms with Crippen molar-refractivity contribution in [3.05, 3.63) is 45.3 Å². The van der Waals surface area contributed by atoms with Crippen molar-refractivity contribution < 1.29 is 14.3 Å². The van der Waals surface area contributed by atoms with Crippen LogP contribution in [0.1, 0.15) is 12.6 Å². The summed E-state index contributed by atoms with van der Waals surface area (Å²) in [6.07, 6.45) is 0. The normalized spacial score (nSPS) is 10.5. The lowest BCUT2D eigenvalue weighted by Gasteiger charge is -2.12. The Morgan fingerprint density at radius 1 is 1.41 bits per heavy atom. The van der Waals surface area contributed by atoms with Crippen LogP contribution < -0.4 is 5.56 Å². The molecule has 116 valence electrons.